The molecule has 0 aliphatic rings. The predicted octanol–water partition coefficient (Wildman–Crippen LogP) is 2.78. The molecule has 1 heterocycles. The first-order valence-electron chi connectivity index (χ1n) is 8.79. The average molecular weight is 376 g/mol. The Labute approximate surface area is 156 Å². The normalized spacial score (nSPS) is 12.1. The van der Waals surface area contributed by atoms with Gasteiger partial charge in [-0.25, -0.2) is 17.7 Å². The van der Waals surface area contributed by atoms with Crippen molar-refractivity contribution in [2.45, 2.75) is 37.8 Å². The Balaban J connectivity index is 1.91. The summed E-state index contributed by atoms with van der Waals surface area (Å²) in [7, 11) is -3.51. The molecule has 0 saturated carbocycles. The van der Waals surface area contributed by atoms with Gasteiger partial charge in [0, 0.05) is 19.2 Å². The van der Waals surface area contributed by atoms with Gasteiger partial charge in [0.1, 0.15) is 4.90 Å². The van der Waals surface area contributed by atoms with Crippen LogP contribution in [0.3, 0.4) is 0 Å². The molecule has 1 aromatic heterocycles. The maximum Gasteiger partial charge on any atom is 0.246 e. The van der Waals surface area contributed by atoms with Crippen molar-refractivity contribution in [1.82, 2.24) is 4.72 Å². The van der Waals surface area contributed by atoms with Gasteiger partial charge in [-0.05, 0) is 38.0 Å². The highest BCUT2D eigenvalue weighted by atomic mass is 32.2. The minimum Gasteiger partial charge on any atom is -0.379 e. The van der Waals surface area contributed by atoms with Crippen molar-refractivity contribution in [1.29, 1.82) is 0 Å². The van der Waals surface area contributed by atoms with E-state index in [-0.39, 0.29) is 11.0 Å². The van der Waals surface area contributed by atoms with Crippen molar-refractivity contribution in [3.05, 3.63) is 66.5 Å². The Hall–Kier alpha value is -2.02. The van der Waals surface area contributed by atoms with E-state index in [2.05, 4.69) is 4.72 Å². The molecule has 0 unspecified atom stereocenters. The summed E-state index contributed by atoms with van der Waals surface area (Å²) in [5, 5.41) is 0. The summed E-state index contributed by atoms with van der Waals surface area (Å²) in [5.41, 5.74) is 1.11. The van der Waals surface area contributed by atoms with Crippen LogP contribution in [0.2, 0.25) is 0 Å². The van der Waals surface area contributed by atoms with E-state index in [1.165, 1.54) is 0 Å². The minimum atomic E-state index is -3.51. The summed E-state index contributed by atoms with van der Waals surface area (Å²) in [6.07, 6.45) is 8.31. The van der Waals surface area contributed by atoms with Crippen LogP contribution in [0, 0.1) is 0 Å². The molecule has 0 spiro atoms. The second-order valence-corrected chi connectivity index (χ2v) is 7.99. The zero-order chi connectivity index (χ0) is 18.8. The fraction of sp³-hybridized carbons (Fsp3) is 0.350. The Morgan fingerprint density at radius 2 is 1.92 bits per heavy atom. The first kappa shape index (κ1) is 20.3. The van der Waals surface area contributed by atoms with Gasteiger partial charge in [-0.15, -0.1) is 0 Å². The number of nitrogens with zero attached hydrogens (tertiary/aromatic N) is 1. The third-order valence-corrected chi connectivity index (χ3v) is 5.08. The fourth-order valence-corrected chi connectivity index (χ4v) is 3.44. The number of benzene rings is 1. The van der Waals surface area contributed by atoms with Crippen LogP contribution in [0.25, 0.3) is 6.08 Å². The number of hydrogen-bond acceptors (Lipinski definition) is 3. The van der Waals surface area contributed by atoms with E-state index >= 15 is 0 Å². The number of hydrogen-bond donors (Lipinski definition) is 1. The molecule has 1 aromatic carbocycles. The molecule has 0 aliphatic heterocycles. The summed E-state index contributed by atoms with van der Waals surface area (Å²) in [6.45, 7) is 5.41. The number of sulfonamides is 1. The smallest absolute Gasteiger partial charge is 0.246 e. The molecule has 0 fully saturated rings. The molecule has 0 atom stereocenters. The van der Waals surface area contributed by atoms with Crippen molar-refractivity contribution in [3.63, 3.8) is 0 Å². The largest absolute Gasteiger partial charge is 0.379 e. The minimum absolute atomic E-state index is 0.156. The van der Waals surface area contributed by atoms with Gasteiger partial charge in [-0.2, -0.15) is 0 Å². The lowest BCUT2D eigenvalue weighted by Gasteiger charge is -2.08. The lowest BCUT2D eigenvalue weighted by atomic mass is 10.2. The maximum atomic E-state index is 12.4. The third-order valence-electron chi connectivity index (χ3n) is 3.63. The second-order valence-electron chi connectivity index (χ2n) is 6.22. The molecule has 2 aromatic rings. The predicted molar refractivity (Wildman–Crippen MR) is 103 cm³/mol. The first-order valence-corrected chi connectivity index (χ1v) is 10.3. The summed E-state index contributed by atoms with van der Waals surface area (Å²) in [6, 6.07) is 13.3. The van der Waals surface area contributed by atoms with Crippen LogP contribution >= 0.6 is 0 Å². The van der Waals surface area contributed by atoms with Crippen molar-refractivity contribution in [3.8, 4) is 0 Å². The topological polar surface area (TPSA) is 59.3 Å². The van der Waals surface area contributed by atoms with Crippen LogP contribution in [0.5, 0.6) is 0 Å². The van der Waals surface area contributed by atoms with Gasteiger partial charge < -0.3 is 4.74 Å². The SMILES string of the molecule is CC(C)OCCCNS(=O)(=O)c1ccc[n+](CC=Cc2ccccc2)c1. The van der Waals surface area contributed by atoms with E-state index in [0.29, 0.717) is 26.1 Å². The second kappa shape index (κ2) is 10.2. The van der Waals surface area contributed by atoms with E-state index in [1.54, 1.807) is 18.3 Å². The van der Waals surface area contributed by atoms with Gasteiger partial charge in [0.15, 0.2) is 18.9 Å². The van der Waals surface area contributed by atoms with Crippen LogP contribution in [0.15, 0.2) is 65.8 Å². The molecule has 26 heavy (non-hydrogen) atoms. The van der Waals surface area contributed by atoms with Gasteiger partial charge in [0.2, 0.25) is 10.0 Å². The summed E-state index contributed by atoms with van der Waals surface area (Å²) < 4.78 is 34.7. The lowest BCUT2D eigenvalue weighted by molar-refractivity contribution is -0.688. The maximum absolute atomic E-state index is 12.4. The van der Waals surface area contributed by atoms with Crippen LogP contribution in [0.4, 0.5) is 0 Å². The molecular weight excluding hydrogens is 348 g/mol. The average Bonchev–Trinajstić information content (AvgIpc) is 2.62. The van der Waals surface area contributed by atoms with E-state index < -0.39 is 10.0 Å². The fourth-order valence-electron chi connectivity index (χ4n) is 2.33. The third kappa shape index (κ3) is 7.07. The van der Waals surface area contributed by atoms with E-state index in [1.807, 2.05) is 67.1 Å². The van der Waals surface area contributed by atoms with Gasteiger partial charge in [-0.3, -0.25) is 0 Å². The molecule has 2 rings (SSSR count). The number of allylic oxidation sites excluding steroid dienone is 1. The van der Waals surface area contributed by atoms with E-state index in [9.17, 15) is 8.42 Å². The molecular formula is C20H27N2O3S+. The zero-order valence-corrected chi connectivity index (χ0v) is 16.2. The molecule has 0 bridgehead atoms. The zero-order valence-electron chi connectivity index (χ0n) is 15.3. The molecule has 0 radical (unpaired) electrons. The monoisotopic (exact) mass is 375 g/mol. The van der Waals surface area contributed by atoms with E-state index in [4.69, 9.17) is 4.74 Å². The molecule has 5 nitrogen and oxygen atoms in total. The van der Waals surface area contributed by atoms with Crippen molar-refractivity contribution in [2.75, 3.05) is 13.2 Å². The van der Waals surface area contributed by atoms with Crippen molar-refractivity contribution in [2.24, 2.45) is 0 Å². The van der Waals surface area contributed by atoms with Crippen LogP contribution in [-0.2, 0) is 21.3 Å². The van der Waals surface area contributed by atoms with Gasteiger partial charge in [-0.1, -0.05) is 36.4 Å². The molecule has 0 amide bonds. The number of nitrogens with one attached hydrogen (secondary N) is 1. The molecule has 1 N–H and O–H groups in total. The molecule has 140 valence electrons. The highest BCUT2D eigenvalue weighted by molar-refractivity contribution is 7.89. The number of ether oxygens (including phenoxy) is 1. The summed E-state index contributed by atoms with van der Waals surface area (Å²) in [4.78, 5) is 0.262. The van der Waals surface area contributed by atoms with Gasteiger partial charge >= 0.3 is 0 Å². The number of pyridine rings is 1. The van der Waals surface area contributed by atoms with Gasteiger partial charge in [0.05, 0.1) is 6.10 Å². The van der Waals surface area contributed by atoms with Crippen LogP contribution in [-0.4, -0.2) is 27.7 Å². The van der Waals surface area contributed by atoms with Crippen LogP contribution in [0.1, 0.15) is 25.8 Å². The number of rotatable bonds is 10. The van der Waals surface area contributed by atoms with Crippen molar-refractivity contribution >= 4 is 16.1 Å². The quantitative estimate of drug-likeness (QED) is 0.513. The van der Waals surface area contributed by atoms with Gasteiger partial charge in [0.25, 0.3) is 0 Å². The Kier molecular flexibility index (Phi) is 7.97. The highest BCUT2D eigenvalue weighted by Crippen LogP contribution is 2.05. The molecule has 0 aliphatic carbocycles. The Morgan fingerprint density at radius 1 is 1.15 bits per heavy atom. The lowest BCUT2D eigenvalue weighted by Crippen LogP contribution is -2.34. The summed E-state index contributed by atoms with van der Waals surface area (Å²) >= 11 is 0. The summed E-state index contributed by atoms with van der Waals surface area (Å²) in [5.74, 6) is 0. The standard InChI is InChI=1S/C20H27N2O3S/c1-18(2)25-16-8-13-21-26(23,24)20-12-7-15-22(17-20)14-6-11-19-9-4-3-5-10-19/h3-7,9-12,15,17-18,21H,8,13-14,16H2,1-2H3/q+1. The molecule has 6 heteroatoms. The Bertz CT molecular complexity index is 803. The molecule has 0 saturated heterocycles. The number of aromatic nitrogens is 1. The first-order chi connectivity index (χ1) is 12.5. The Morgan fingerprint density at radius 3 is 2.65 bits per heavy atom. The van der Waals surface area contributed by atoms with E-state index in [0.717, 1.165) is 5.56 Å². The van der Waals surface area contributed by atoms with Crippen molar-refractivity contribution < 1.29 is 17.7 Å². The van der Waals surface area contributed by atoms with Crippen LogP contribution < -0.4 is 9.29 Å². The highest BCUT2D eigenvalue weighted by Gasteiger charge is 2.16.